The van der Waals surface area contributed by atoms with Gasteiger partial charge in [0.25, 0.3) is 5.91 Å². The Hall–Kier alpha value is -3.32. The molecule has 3 aromatic carbocycles. The summed E-state index contributed by atoms with van der Waals surface area (Å²) in [7, 11) is 1.57. The molecule has 2 amide bonds. The van der Waals surface area contributed by atoms with E-state index in [4.69, 9.17) is 4.74 Å². The first kappa shape index (κ1) is 20.9. The van der Waals surface area contributed by atoms with Gasteiger partial charge in [-0.1, -0.05) is 18.2 Å². The zero-order chi connectivity index (χ0) is 22.0. The van der Waals surface area contributed by atoms with Gasteiger partial charge in [-0.15, -0.1) is 11.8 Å². The Morgan fingerprint density at radius 3 is 2.61 bits per heavy atom. The van der Waals surface area contributed by atoms with E-state index in [1.807, 2.05) is 18.2 Å². The van der Waals surface area contributed by atoms with Crippen LogP contribution in [0.3, 0.4) is 0 Å². The van der Waals surface area contributed by atoms with Crippen molar-refractivity contribution >= 4 is 35.0 Å². The lowest BCUT2D eigenvalue weighted by Crippen LogP contribution is -2.28. The Morgan fingerprint density at radius 1 is 1.13 bits per heavy atom. The van der Waals surface area contributed by atoms with E-state index in [1.165, 1.54) is 17.8 Å². The molecule has 31 heavy (non-hydrogen) atoms. The van der Waals surface area contributed by atoms with Gasteiger partial charge in [0.1, 0.15) is 16.9 Å². The Morgan fingerprint density at radius 2 is 1.87 bits per heavy atom. The van der Waals surface area contributed by atoms with E-state index in [9.17, 15) is 14.0 Å². The molecule has 7 heteroatoms. The van der Waals surface area contributed by atoms with E-state index >= 15 is 0 Å². The number of methoxy groups -OCH3 is 1. The highest BCUT2D eigenvalue weighted by Gasteiger charge is 2.35. The Bertz CT molecular complexity index is 1130. The van der Waals surface area contributed by atoms with Crippen LogP contribution < -0.4 is 15.0 Å². The van der Waals surface area contributed by atoms with Crippen molar-refractivity contribution in [2.75, 3.05) is 23.1 Å². The number of nitrogens with zero attached hydrogens (tertiary/aromatic N) is 1. The molecule has 0 bridgehead atoms. The molecule has 158 valence electrons. The molecule has 1 N–H and O–H groups in total. The van der Waals surface area contributed by atoms with E-state index < -0.39 is 0 Å². The molecular formula is C24H21FN2O3S. The zero-order valence-corrected chi connectivity index (χ0v) is 17.9. The van der Waals surface area contributed by atoms with Crippen molar-refractivity contribution in [2.24, 2.45) is 0 Å². The van der Waals surface area contributed by atoms with Crippen LogP contribution in [0.5, 0.6) is 5.75 Å². The van der Waals surface area contributed by atoms with E-state index in [2.05, 4.69) is 5.32 Å². The van der Waals surface area contributed by atoms with Gasteiger partial charge in [0.2, 0.25) is 5.91 Å². The fourth-order valence-electron chi connectivity index (χ4n) is 3.50. The Balaban J connectivity index is 1.58. The zero-order valence-electron chi connectivity index (χ0n) is 17.1. The van der Waals surface area contributed by atoms with Crippen LogP contribution in [0.15, 0.2) is 66.7 Å². The maximum Gasteiger partial charge on any atom is 0.255 e. The summed E-state index contributed by atoms with van der Waals surface area (Å²) < 4.78 is 19.2. The minimum atomic E-state index is -0.346. The quantitative estimate of drug-likeness (QED) is 0.599. The monoisotopic (exact) mass is 436 g/mol. The average Bonchev–Trinajstić information content (AvgIpc) is 3.17. The molecule has 0 aliphatic carbocycles. The molecule has 3 aromatic rings. The van der Waals surface area contributed by atoms with Crippen molar-refractivity contribution in [3.63, 3.8) is 0 Å². The Labute approximate surface area is 184 Å². The maximum absolute atomic E-state index is 14.1. The molecule has 0 radical (unpaired) electrons. The molecule has 5 nitrogen and oxygen atoms in total. The van der Waals surface area contributed by atoms with Crippen molar-refractivity contribution in [1.82, 2.24) is 0 Å². The first-order valence-electron chi connectivity index (χ1n) is 9.72. The maximum atomic E-state index is 14.1. The molecule has 1 atom stereocenters. The summed E-state index contributed by atoms with van der Waals surface area (Å²) in [5.74, 6) is 0.322. The molecule has 1 unspecified atom stereocenters. The third-order valence-corrected chi connectivity index (χ3v) is 6.36. The number of amides is 2. The number of ether oxygens (including phenoxy) is 1. The second-order valence-corrected chi connectivity index (χ2v) is 8.19. The number of thioether (sulfide) groups is 1. The fourth-order valence-corrected chi connectivity index (χ4v) is 4.66. The van der Waals surface area contributed by atoms with Crippen molar-refractivity contribution in [3.8, 4) is 5.75 Å². The molecule has 0 saturated carbocycles. The lowest BCUT2D eigenvalue weighted by molar-refractivity contribution is -0.115. The summed E-state index contributed by atoms with van der Waals surface area (Å²) in [6.07, 6.45) is 0. The van der Waals surface area contributed by atoms with E-state index in [-0.39, 0.29) is 23.0 Å². The van der Waals surface area contributed by atoms with Crippen LogP contribution in [0.2, 0.25) is 0 Å². The van der Waals surface area contributed by atoms with Crippen LogP contribution in [0.25, 0.3) is 0 Å². The number of rotatable bonds is 5. The van der Waals surface area contributed by atoms with Gasteiger partial charge in [-0.2, -0.15) is 0 Å². The molecule has 1 heterocycles. The van der Waals surface area contributed by atoms with Gasteiger partial charge in [-0.05, 0) is 61.0 Å². The summed E-state index contributed by atoms with van der Waals surface area (Å²) in [6, 6.07) is 19.0. The van der Waals surface area contributed by atoms with Gasteiger partial charge in [-0.3, -0.25) is 14.5 Å². The highest BCUT2D eigenvalue weighted by atomic mass is 32.2. The third-order valence-electron chi connectivity index (χ3n) is 5.15. The smallest absolute Gasteiger partial charge is 0.255 e. The number of benzene rings is 3. The summed E-state index contributed by atoms with van der Waals surface area (Å²) >= 11 is 1.48. The lowest BCUT2D eigenvalue weighted by atomic mass is 10.1. The normalized spacial score (nSPS) is 15.8. The van der Waals surface area contributed by atoms with Crippen LogP contribution in [-0.2, 0) is 4.79 Å². The van der Waals surface area contributed by atoms with Crippen molar-refractivity contribution in [2.45, 2.75) is 12.3 Å². The summed E-state index contributed by atoms with van der Waals surface area (Å²) in [5.41, 5.74) is 2.98. The number of hydrogen-bond donors (Lipinski definition) is 1. The molecule has 1 saturated heterocycles. The van der Waals surface area contributed by atoms with Crippen LogP contribution in [-0.4, -0.2) is 24.7 Å². The minimum absolute atomic E-state index is 0.0728. The minimum Gasteiger partial charge on any atom is -0.497 e. The second-order valence-electron chi connectivity index (χ2n) is 7.12. The number of carbonyl (C=O) groups excluding carboxylic acids is 2. The van der Waals surface area contributed by atoms with Crippen LogP contribution in [0.1, 0.15) is 26.9 Å². The van der Waals surface area contributed by atoms with E-state index in [0.29, 0.717) is 34.0 Å². The van der Waals surface area contributed by atoms with E-state index in [1.54, 1.807) is 61.4 Å². The summed E-state index contributed by atoms with van der Waals surface area (Å²) in [4.78, 5) is 26.9. The molecule has 4 rings (SSSR count). The molecule has 0 spiro atoms. The highest BCUT2D eigenvalue weighted by Crippen LogP contribution is 2.43. The predicted octanol–water partition coefficient (Wildman–Crippen LogP) is 5.17. The molecule has 0 aromatic heterocycles. The highest BCUT2D eigenvalue weighted by molar-refractivity contribution is 8.00. The standard InChI is InChI=1S/C24H21FN2O3S/c1-15-20(25)7-4-8-21(15)27-22(28)14-31-24(27)17-5-3-6-18(13-17)26-23(29)16-9-11-19(30-2)12-10-16/h3-13,24H,14H2,1-2H3,(H,26,29). The Kier molecular flexibility index (Phi) is 5.95. The molecule has 1 aliphatic rings. The number of carbonyl (C=O) groups is 2. The van der Waals surface area contributed by atoms with Gasteiger partial charge in [-0.25, -0.2) is 4.39 Å². The first-order chi connectivity index (χ1) is 15.0. The molecular weight excluding hydrogens is 415 g/mol. The number of hydrogen-bond acceptors (Lipinski definition) is 4. The predicted molar refractivity (Wildman–Crippen MR) is 121 cm³/mol. The van der Waals surface area contributed by atoms with Crippen molar-refractivity contribution in [3.05, 3.63) is 89.2 Å². The van der Waals surface area contributed by atoms with E-state index in [0.717, 1.165) is 5.56 Å². The topological polar surface area (TPSA) is 58.6 Å². The van der Waals surface area contributed by atoms with Crippen LogP contribution in [0.4, 0.5) is 15.8 Å². The van der Waals surface area contributed by atoms with Crippen molar-refractivity contribution in [1.29, 1.82) is 0 Å². The number of nitrogens with one attached hydrogen (secondary N) is 1. The SMILES string of the molecule is COc1ccc(C(=O)Nc2cccc(C3SCC(=O)N3c3cccc(F)c3C)c2)cc1. The largest absolute Gasteiger partial charge is 0.497 e. The van der Waals surface area contributed by atoms with Gasteiger partial charge in [0, 0.05) is 16.8 Å². The number of anilines is 2. The molecule has 1 aliphatic heterocycles. The van der Waals surface area contributed by atoms with Gasteiger partial charge < -0.3 is 10.1 Å². The molecule has 1 fully saturated rings. The van der Waals surface area contributed by atoms with Gasteiger partial charge >= 0.3 is 0 Å². The van der Waals surface area contributed by atoms with Crippen molar-refractivity contribution < 1.29 is 18.7 Å². The fraction of sp³-hybridized carbons (Fsp3) is 0.167. The summed E-state index contributed by atoms with van der Waals surface area (Å²) in [5, 5.41) is 2.59. The third kappa shape index (κ3) is 4.27. The van der Waals surface area contributed by atoms with Gasteiger partial charge in [0.15, 0.2) is 0 Å². The summed E-state index contributed by atoms with van der Waals surface area (Å²) in [6.45, 7) is 1.67. The van der Waals surface area contributed by atoms with Crippen LogP contribution >= 0.6 is 11.8 Å². The van der Waals surface area contributed by atoms with Crippen LogP contribution in [0, 0.1) is 12.7 Å². The lowest BCUT2D eigenvalue weighted by Gasteiger charge is -2.26. The first-order valence-corrected chi connectivity index (χ1v) is 10.8. The van der Waals surface area contributed by atoms with Gasteiger partial charge in [0.05, 0.1) is 18.6 Å². The second kappa shape index (κ2) is 8.81. The number of halogens is 1. The average molecular weight is 437 g/mol.